The van der Waals surface area contributed by atoms with E-state index in [9.17, 15) is 9.90 Å². The van der Waals surface area contributed by atoms with E-state index in [1.54, 1.807) is 6.07 Å². The Morgan fingerprint density at radius 1 is 1.08 bits per heavy atom. The van der Waals surface area contributed by atoms with Crippen LogP contribution in [-0.2, 0) is 10.3 Å². The van der Waals surface area contributed by atoms with Crippen LogP contribution in [0.2, 0.25) is 0 Å². The molecule has 1 amide bonds. The summed E-state index contributed by atoms with van der Waals surface area (Å²) in [7, 11) is 0. The third-order valence-electron chi connectivity index (χ3n) is 5.93. The Kier molecular flexibility index (Phi) is 3.36. The van der Waals surface area contributed by atoms with Gasteiger partial charge in [-0.15, -0.1) is 0 Å². The first-order valence-corrected chi connectivity index (χ1v) is 8.84. The summed E-state index contributed by atoms with van der Waals surface area (Å²) in [6.45, 7) is 8.65. The summed E-state index contributed by atoms with van der Waals surface area (Å²) in [5.41, 5.74) is 4.49. The van der Waals surface area contributed by atoms with Crippen molar-refractivity contribution in [3.8, 4) is 17.2 Å². The predicted molar refractivity (Wildman–Crippen MR) is 96.2 cm³/mol. The number of carbonyl (C=O) groups is 1. The fourth-order valence-electron chi connectivity index (χ4n) is 4.41. The summed E-state index contributed by atoms with van der Waals surface area (Å²) in [6.07, 6.45) is 1.26. The molecule has 1 saturated heterocycles. The van der Waals surface area contributed by atoms with Crippen LogP contribution in [-0.4, -0.2) is 22.5 Å². The number of aryl methyl sites for hydroxylation is 1. The molecule has 25 heavy (non-hydrogen) atoms. The van der Waals surface area contributed by atoms with Crippen LogP contribution in [0.15, 0.2) is 24.3 Å². The number of hydrogen-bond donors (Lipinski definition) is 1. The van der Waals surface area contributed by atoms with Gasteiger partial charge in [0, 0.05) is 29.7 Å². The lowest BCUT2D eigenvalue weighted by atomic mass is 9.76. The summed E-state index contributed by atoms with van der Waals surface area (Å²) < 4.78 is 6.32. The monoisotopic (exact) mass is 337 g/mol. The molecule has 2 aliphatic rings. The van der Waals surface area contributed by atoms with Crippen LogP contribution in [0.4, 0.5) is 0 Å². The molecule has 1 fully saturated rings. The highest BCUT2D eigenvalue weighted by atomic mass is 16.5. The molecule has 4 rings (SSSR count). The van der Waals surface area contributed by atoms with Gasteiger partial charge in [-0.2, -0.15) is 0 Å². The van der Waals surface area contributed by atoms with E-state index in [2.05, 4.69) is 26.0 Å². The molecular formula is C21H23NO3. The lowest BCUT2D eigenvalue weighted by Crippen LogP contribution is -2.46. The fraction of sp³-hybridized carbons (Fsp3) is 0.381. The summed E-state index contributed by atoms with van der Waals surface area (Å²) in [4.78, 5) is 14.6. The molecule has 2 heterocycles. The van der Waals surface area contributed by atoms with Crippen molar-refractivity contribution in [2.24, 2.45) is 0 Å². The lowest BCUT2D eigenvalue weighted by molar-refractivity contribution is -0.130. The van der Waals surface area contributed by atoms with Crippen LogP contribution in [0.25, 0.3) is 0 Å². The number of fused-ring (bicyclic) bond motifs is 4. The molecule has 4 heteroatoms. The van der Waals surface area contributed by atoms with Gasteiger partial charge in [-0.05, 0) is 57.4 Å². The Labute approximate surface area is 148 Å². The first kappa shape index (κ1) is 16.0. The number of nitrogens with zero attached hydrogens (tertiary/aromatic N) is 1. The Balaban J connectivity index is 2.11. The van der Waals surface area contributed by atoms with Crippen molar-refractivity contribution in [2.75, 3.05) is 6.54 Å². The molecular weight excluding hydrogens is 314 g/mol. The zero-order chi connectivity index (χ0) is 17.9. The minimum atomic E-state index is -0.508. The Morgan fingerprint density at radius 2 is 1.72 bits per heavy atom. The Morgan fingerprint density at radius 3 is 2.40 bits per heavy atom. The van der Waals surface area contributed by atoms with Gasteiger partial charge in [-0.3, -0.25) is 4.79 Å². The smallest absolute Gasteiger partial charge is 0.223 e. The van der Waals surface area contributed by atoms with E-state index < -0.39 is 5.54 Å². The summed E-state index contributed by atoms with van der Waals surface area (Å²) in [5, 5.41) is 10.2. The highest BCUT2D eigenvalue weighted by molar-refractivity contribution is 5.83. The van der Waals surface area contributed by atoms with E-state index in [1.807, 2.05) is 24.8 Å². The lowest BCUT2D eigenvalue weighted by Gasteiger charge is -2.44. The number of ether oxygens (including phenoxy) is 1. The summed E-state index contributed by atoms with van der Waals surface area (Å²) >= 11 is 0. The molecule has 1 N–H and O–H groups in total. The first-order chi connectivity index (χ1) is 11.9. The van der Waals surface area contributed by atoms with Gasteiger partial charge in [-0.25, -0.2) is 0 Å². The number of rotatable bonds is 1. The maximum absolute atomic E-state index is 12.6. The van der Waals surface area contributed by atoms with Crippen molar-refractivity contribution in [3.05, 3.63) is 52.1 Å². The highest BCUT2D eigenvalue weighted by Crippen LogP contribution is 2.57. The average molecular weight is 337 g/mol. The van der Waals surface area contributed by atoms with Crippen LogP contribution in [0.1, 0.15) is 47.6 Å². The average Bonchev–Trinajstić information content (AvgIpc) is 2.92. The standard InChI is InChI=1S/C21H23NO3/c1-5-22-18(24)10-11-21(22)15-7-6-12(2)13(3)19(15)25-20-14(4)17(23)9-8-16(20)21/h6-9,23H,5,10-11H2,1-4H3. The number of hydrogen-bond acceptors (Lipinski definition) is 3. The molecule has 1 atom stereocenters. The van der Waals surface area contributed by atoms with E-state index in [0.717, 1.165) is 40.0 Å². The van der Waals surface area contributed by atoms with Crippen molar-refractivity contribution in [1.82, 2.24) is 4.90 Å². The number of amides is 1. The SMILES string of the molecule is CCN1C(=O)CCC12c1ccc(C)c(C)c1Oc1c2ccc(O)c1C. The number of likely N-dealkylation sites (tertiary alicyclic amines) is 1. The van der Waals surface area contributed by atoms with E-state index >= 15 is 0 Å². The van der Waals surface area contributed by atoms with Crippen molar-refractivity contribution >= 4 is 5.91 Å². The molecule has 0 saturated carbocycles. The van der Waals surface area contributed by atoms with Crippen molar-refractivity contribution in [3.63, 3.8) is 0 Å². The van der Waals surface area contributed by atoms with E-state index in [1.165, 1.54) is 0 Å². The Hall–Kier alpha value is -2.49. The van der Waals surface area contributed by atoms with Gasteiger partial charge in [-0.1, -0.05) is 12.1 Å². The summed E-state index contributed by atoms with van der Waals surface area (Å²) in [6, 6.07) is 7.83. The zero-order valence-corrected chi connectivity index (χ0v) is 15.1. The Bertz CT molecular complexity index is 843. The molecule has 0 aromatic heterocycles. The third-order valence-corrected chi connectivity index (χ3v) is 5.93. The van der Waals surface area contributed by atoms with Crippen LogP contribution in [0.5, 0.6) is 17.2 Å². The quantitative estimate of drug-likeness (QED) is 0.843. The topological polar surface area (TPSA) is 49.8 Å². The molecule has 4 nitrogen and oxygen atoms in total. The third kappa shape index (κ3) is 1.91. The minimum Gasteiger partial charge on any atom is -0.508 e. The van der Waals surface area contributed by atoms with Gasteiger partial charge in [0.05, 0.1) is 0 Å². The molecule has 130 valence electrons. The maximum atomic E-state index is 12.6. The van der Waals surface area contributed by atoms with Crippen LogP contribution in [0.3, 0.4) is 0 Å². The first-order valence-electron chi connectivity index (χ1n) is 8.84. The van der Waals surface area contributed by atoms with Gasteiger partial charge in [0.2, 0.25) is 5.91 Å². The number of phenolic OH excluding ortho intramolecular Hbond substituents is 1. The highest BCUT2D eigenvalue weighted by Gasteiger charge is 2.52. The second-order valence-corrected chi connectivity index (χ2v) is 7.07. The molecule has 0 radical (unpaired) electrons. The summed E-state index contributed by atoms with van der Waals surface area (Å²) in [5.74, 6) is 1.91. The van der Waals surface area contributed by atoms with E-state index in [-0.39, 0.29) is 11.7 Å². The van der Waals surface area contributed by atoms with Gasteiger partial charge in [0.15, 0.2) is 0 Å². The van der Waals surface area contributed by atoms with Crippen molar-refractivity contribution in [2.45, 2.75) is 46.1 Å². The fourth-order valence-corrected chi connectivity index (χ4v) is 4.41. The van der Waals surface area contributed by atoms with Crippen LogP contribution < -0.4 is 4.74 Å². The largest absolute Gasteiger partial charge is 0.508 e. The second kappa shape index (κ2) is 5.25. The van der Waals surface area contributed by atoms with E-state index in [0.29, 0.717) is 18.7 Å². The normalized spacial score (nSPS) is 21.3. The molecule has 2 aliphatic heterocycles. The number of phenols is 1. The van der Waals surface area contributed by atoms with Crippen LogP contribution in [0, 0.1) is 20.8 Å². The van der Waals surface area contributed by atoms with Gasteiger partial charge < -0.3 is 14.7 Å². The molecule has 0 aliphatic carbocycles. The zero-order valence-electron chi connectivity index (χ0n) is 15.1. The van der Waals surface area contributed by atoms with Crippen molar-refractivity contribution in [1.29, 1.82) is 0 Å². The van der Waals surface area contributed by atoms with E-state index in [4.69, 9.17) is 4.74 Å². The van der Waals surface area contributed by atoms with Crippen LogP contribution >= 0.6 is 0 Å². The molecule has 2 aromatic carbocycles. The molecule has 1 unspecified atom stereocenters. The molecule has 0 bridgehead atoms. The molecule has 1 spiro atoms. The number of aromatic hydroxyl groups is 1. The number of benzene rings is 2. The second-order valence-electron chi connectivity index (χ2n) is 7.07. The maximum Gasteiger partial charge on any atom is 0.223 e. The van der Waals surface area contributed by atoms with Gasteiger partial charge in [0.25, 0.3) is 0 Å². The molecule has 2 aromatic rings. The predicted octanol–water partition coefficient (Wildman–Crippen LogP) is 4.31. The number of carbonyl (C=O) groups excluding carboxylic acids is 1. The van der Waals surface area contributed by atoms with Gasteiger partial charge >= 0.3 is 0 Å². The van der Waals surface area contributed by atoms with Gasteiger partial charge in [0.1, 0.15) is 22.8 Å². The van der Waals surface area contributed by atoms with Crippen molar-refractivity contribution < 1.29 is 14.6 Å². The minimum absolute atomic E-state index is 0.172.